The van der Waals surface area contributed by atoms with Crippen LogP contribution in [0.4, 0.5) is 5.95 Å². The Morgan fingerprint density at radius 1 is 1.25 bits per heavy atom. The van der Waals surface area contributed by atoms with E-state index in [9.17, 15) is 9.59 Å². The molecule has 1 aromatic heterocycles. The highest BCUT2D eigenvalue weighted by Gasteiger charge is 2.61. The van der Waals surface area contributed by atoms with Crippen LogP contribution >= 0.6 is 0 Å². The van der Waals surface area contributed by atoms with Crippen LogP contribution in [0.5, 0.6) is 0 Å². The number of anilines is 1. The molecule has 144 valence electrons. The molecule has 2 amide bonds. The van der Waals surface area contributed by atoms with Gasteiger partial charge in [-0.1, -0.05) is 30.3 Å². The summed E-state index contributed by atoms with van der Waals surface area (Å²) in [6, 6.07) is 9.16. The third-order valence-corrected chi connectivity index (χ3v) is 5.96. The summed E-state index contributed by atoms with van der Waals surface area (Å²) < 4.78 is 6.09. The molecule has 2 aromatic rings. The number of carbonyl (C=O) groups is 2. The van der Waals surface area contributed by atoms with E-state index in [2.05, 4.69) is 9.97 Å². The van der Waals surface area contributed by atoms with Gasteiger partial charge >= 0.3 is 0 Å². The zero-order chi connectivity index (χ0) is 19.3. The first-order valence-corrected chi connectivity index (χ1v) is 9.53. The molecule has 2 N–H and O–H groups in total. The van der Waals surface area contributed by atoms with Gasteiger partial charge in [0.25, 0.3) is 5.91 Å². The average molecular weight is 379 g/mol. The van der Waals surface area contributed by atoms with E-state index >= 15 is 0 Å². The van der Waals surface area contributed by atoms with E-state index in [0.29, 0.717) is 43.8 Å². The largest absolute Gasteiger partial charge is 0.368 e. The number of amides is 2. The summed E-state index contributed by atoms with van der Waals surface area (Å²) in [4.78, 5) is 38.0. The number of nitrogens with two attached hydrogens (primary N) is 1. The van der Waals surface area contributed by atoms with E-state index in [-0.39, 0.29) is 23.8 Å². The lowest BCUT2D eigenvalue weighted by atomic mass is 10.0. The molecule has 0 saturated carbocycles. The summed E-state index contributed by atoms with van der Waals surface area (Å²) in [6.07, 6.45) is 3.24. The normalized spacial score (nSPS) is 26.3. The topological polar surface area (TPSA) is 102 Å². The van der Waals surface area contributed by atoms with Crippen LogP contribution in [0.15, 0.2) is 36.5 Å². The minimum absolute atomic E-state index is 0.0547. The molecule has 3 aliphatic rings. The summed E-state index contributed by atoms with van der Waals surface area (Å²) in [5.74, 6) is -0.0188. The van der Waals surface area contributed by atoms with Crippen molar-refractivity contribution in [2.75, 3.05) is 25.4 Å². The van der Waals surface area contributed by atoms with Gasteiger partial charge in [0.1, 0.15) is 0 Å². The number of likely N-dealkylation sites (tertiary alicyclic amines) is 1. The number of nitrogen functional groups attached to an aromatic ring is 1. The van der Waals surface area contributed by atoms with E-state index in [4.69, 9.17) is 10.5 Å². The molecular formula is C20H21N5O3. The predicted octanol–water partition coefficient (Wildman–Crippen LogP) is 1.29. The smallest absolute Gasteiger partial charge is 0.258 e. The lowest BCUT2D eigenvalue weighted by Gasteiger charge is -2.42. The zero-order valence-corrected chi connectivity index (χ0v) is 15.4. The van der Waals surface area contributed by atoms with Crippen molar-refractivity contribution in [3.05, 3.63) is 42.1 Å². The Kier molecular flexibility index (Phi) is 3.83. The van der Waals surface area contributed by atoms with Crippen LogP contribution < -0.4 is 5.73 Å². The lowest BCUT2D eigenvalue weighted by molar-refractivity contribution is -0.179. The second-order valence-corrected chi connectivity index (χ2v) is 7.42. The number of ether oxygens (including phenoxy) is 1. The van der Waals surface area contributed by atoms with Gasteiger partial charge in [-0.3, -0.25) is 9.59 Å². The molecule has 8 nitrogen and oxygen atoms in total. The molecule has 0 aliphatic carbocycles. The minimum Gasteiger partial charge on any atom is -0.368 e. The Labute approximate surface area is 162 Å². The van der Waals surface area contributed by atoms with Crippen LogP contribution in [-0.4, -0.2) is 63.0 Å². The molecule has 0 unspecified atom stereocenters. The van der Waals surface area contributed by atoms with Crippen molar-refractivity contribution in [3.63, 3.8) is 0 Å². The molecular weight excluding hydrogens is 358 g/mol. The number of hydrogen-bond donors (Lipinski definition) is 1. The van der Waals surface area contributed by atoms with E-state index in [1.807, 2.05) is 35.2 Å². The Bertz CT molecular complexity index is 950. The Balaban J connectivity index is 1.52. The maximum Gasteiger partial charge on any atom is 0.258 e. The molecule has 3 fully saturated rings. The molecule has 3 saturated heterocycles. The molecule has 1 aromatic carbocycles. The summed E-state index contributed by atoms with van der Waals surface area (Å²) in [5.41, 5.74) is 6.81. The number of aromatic nitrogens is 2. The molecule has 1 spiro atoms. The number of nitrogens with zero attached hydrogens (tertiary/aromatic N) is 4. The fourth-order valence-electron chi connectivity index (χ4n) is 4.72. The number of carbonyl (C=O) groups excluding carboxylic acids is 2. The van der Waals surface area contributed by atoms with Crippen molar-refractivity contribution in [2.24, 2.45) is 0 Å². The predicted molar refractivity (Wildman–Crippen MR) is 101 cm³/mol. The third-order valence-electron chi connectivity index (χ3n) is 5.96. The summed E-state index contributed by atoms with van der Waals surface area (Å²) in [6.45, 7) is 1.84. The fourth-order valence-corrected chi connectivity index (χ4v) is 4.72. The second-order valence-electron chi connectivity index (χ2n) is 7.42. The van der Waals surface area contributed by atoms with Gasteiger partial charge in [-0.25, -0.2) is 9.97 Å². The first-order chi connectivity index (χ1) is 13.6. The molecule has 3 aliphatic heterocycles. The maximum atomic E-state index is 13.5. The Hall–Kier alpha value is -3.00. The van der Waals surface area contributed by atoms with Crippen molar-refractivity contribution < 1.29 is 14.3 Å². The first kappa shape index (κ1) is 17.1. The summed E-state index contributed by atoms with van der Waals surface area (Å²) >= 11 is 0. The standard InChI is InChI=1S/C20H21N5O3/c21-19-22-12-14(17(23-19)13-5-2-1-3-6-13)18(27)24-9-7-20-15(24)11-16(26)25(20)8-4-10-28-20/h1-3,5-6,12,15H,4,7-11H2,(H2,21,22,23)/t15-,20+/m1/s1. The number of rotatable bonds is 2. The van der Waals surface area contributed by atoms with Crippen LogP contribution in [0, 0.1) is 0 Å². The molecule has 5 rings (SSSR count). The third kappa shape index (κ3) is 2.41. The quantitative estimate of drug-likeness (QED) is 0.844. The van der Waals surface area contributed by atoms with Crippen molar-refractivity contribution in [1.29, 1.82) is 0 Å². The van der Waals surface area contributed by atoms with E-state index in [1.165, 1.54) is 6.20 Å². The SMILES string of the molecule is Nc1ncc(C(=O)N2CC[C@@]34OCCCN3C(=O)C[C@@H]24)c(-c2ccccc2)n1. The molecule has 28 heavy (non-hydrogen) atoms. The van der Waals surface area contributed by atoms with Gasteiger partial charge in [-0.15, -0.1) is 0 Å². The van der Waals surface area contributed by atoms with Gasteiger partial charge in [0.05, 0.1) is 30.3 Å². The van der Waals surface area contributed by atoms with Crippen LogP contribution in [0.2, 0.25) is 0 Å². The Morgan fingerprint density at radius 2 is 2.07 bits per heavy atom. The van der Waals surface area contributed by atoms with Crippen molar-refractivity contribution in [2.45, 2.75) is 31.0 Å². The minimum atomic E-state index is -0.674. The van der Waals surface area contributed by atoms with E-state index < -0.39 is 5.72 Å². The van der Waals surface area contributed by atoms with Gasteiger partial charge in [-0.05, 0) is 6.42 Å². The number of hydrogen-bond acceptors (Lipinski definition) is 6. The summed E-state index contributed by atoms with van der Waals surface area (Å²) in [5, 5.41) is 0. The molecule has 2 atom stereocenters. The van der Waals surface area contributed by atoms with Gasteiger partial charge in [0.2, 0.25) is 11.9 Å². The highest BCUT2D eigenvalue weighted by molar-refractivity contribution is 6.00. The van der Waals surface area contributed by atoms with Crippen LogP contribution in [0.25, 0.3) is 11.3 Å². The van der Waals surface area contributed by atoms with Gasteiger partial charge in [0.15, 0.2) is 5.72 Å². The van der Waals surface area contributed by atoms with E-state index in [1.54, 1.807) is 4.90 Å². The maximum absolute atomic E-state index is 13.5. The highest BCUT2D eigenvalue weighted by Crippen LogP contribution is 2.45. The summed E-state index contributed by atoms with van der Waals surface area (Å²) in [7, 11) is 0. The molecule has 0 radical (unpaired) electrons. The van der Waals surface area contributed by atoms with E-state index in [0.717, 1.165) is 12.0 Å². The van der Waals surface area contributed by atoms with Crippen molar-refractivity contribution >= 4 is 17.8 Å². The van der Waals surface area contributed by atoms with Crippen LogP contribution in [0.1, 0.15) is 29.6 Å². The van der Waals surface area contributed by atoms with Gasteiger partial charge < -0.3 is 20.3 Å². The van der Waals surface area contributed by atoms with Crippen LogP contribution in [-0.2, 0) is 9.53 Å². The Morgan fingerprint density at radius 3 is 2.89 bits per heavy atom. The van der Waals surface area contributed by atoms with Crippen LogP contribution in [0.3, 0.4) is 0 Å². The number of benzene rings is 1. The van der Waals surface area contributed by atoms with Crippen molar-refractivity contribution in [1.82, 2.24) is 19.8 Å². The molecule has 0 bridgehead atoms. The second kappa shape index (κ2) is 6.27. The van der Waals surface area contributed by atoms with Crippen molar-refractivity contribution in [3.8, 4) is 11.3 Å². The van der Waals surface area contributed by atoms with Gasteiger partial charge in [0, 0.05) is 31.3 Å². The fraction of sp³-hybridized carbons (Fsp3) is 0.400. The first-order valence-electron chi connectivity index (χ1n) is 9.53. The van der Waals surface area contributed by atoms with Gasteiger partial charge in [-0.2, -0.15) is 0 Å². The average Bonchev–Trinajstić information content (AvgIpc) is 3.20. The highest BCUT2D eigenvalue weighted by atomic mass is 16.5. The monoisotopic (exact) mass is 379 g/mol. The molecule has 4 heterocycles. The zero-order valence-electron chi connectivity index (χ0n) is 15.4. The molecule has 8 heteroatoms. The lowest BCUT2D eigenvalue weighted by Crippen LogP contribution is -2.56.